The average Bonchev–Trinajstić information content (AvgIpc) is 2.43. The lowest BCUT2D eigenvalue weighted by atomic mass is 9.90. The van der Waals surface area contributed by atoms with Gasteiger partial charge in [-0.15, -0.1) is 0 Å². The van der Waals surface area contributed by atoms with Crippen molar-refractivity contribution in [2.75, 3.05) is 13.2 Å². The predicted octanol–water partition coefficient (Wildman–Crippen LogP) is 5.32. The fourth-order valence-corrected chi connectivity index (χ4v) is 2.00. The van der Waals surface area contributed by atoms with Crippen LogP contribution in [-0.4, -0.2) is 24.8 Å². The Kier molecular flexibility index (Phi) is 11.0. The number of carbonyl (C=O) groups excluding carboxylic acids is 1. The summed E-state index contributed by atoms with van der Waals surface area (Å²) in [5.41, 5.74) is 1.46. The average molecular weight is 341 g/mol. The number of rotatable bonds is 11. The SMILES string of the molecule is C/C(=N\OCCCCCC(=O)NCCCCC(C)(C)C)C(C)(C)C. The van der Waals surface area contributed by atoms with E-state index in [0.29, 0.717) is 18.4 Å². The zero-order chi connectivity index (χ0) is 18.6. The van der Waals surface area contributed by atoms with Crippen molar-refractivity contribution in [2.24, 2.45) is 16.0 Å². The molecule has 24 heavy (non-hydrogen) atoms. The number of hydrogen-bond acceptors (Lipinski definition) is 3. The number of nitrogens with zero attached hydrogens (tertiary/aromatic N) is 1. The Labute approximate surface area is 149 Å². The van der Waals surface area contributed by atoms with Crippen molar-refractivity contribution >= 4 is 11.6 Å². The van der Waals surface area contributed by atoms with Crippen LogP contribution in [0, 0.1) is 10.8 Å². The second-order valence-electron chi connectivity index (χ2n) is 8.94. The molecule has 0 unspecified atom stereocenters. The smallest absolute Gasteiger partial charge is 0.219 e. The van der Waals surface area contributed by atoms with Gasteiger partial charge in [-0.05, 0) is 44.4 Å². The molecule has 1 amide bonds. The highest BCUT2D eigenvalue weighted by Crippen LogP contribution is 2.21. The zero-order valence-electron chi connectivity index (χ0n) is 17.1. The number of carbonyl (C=O) groups is 1. The maximum absolute atomic E-state index is 11.7. The highest BCUT2D eigenvalue weighted by atomic mass is 16.6. The molecule has 0 saturated heterocycles. The van der Waals surface area contributed by atoms with Gasteiger partial charge in [-0.3, -0.25) is 4.79 Å². The van der Waals surface area contributed by atoms with Gasteiger partial charge < -0.3 is 10.2 Å². The lowest BCUT2D eigenvalue weighted by Crippen LogP contribution is -2.24. The van der Waals surface area contributed by atoms with Gasteiger partial charge >= 0.3 is 0 Å². The van der Waals surface area contributed by atoms with Crippen LogP contribution in [0.4, 0.5) is 0 Å². The van der Waals surface area contributed by atoms with E-state index in [-0.39, 0.29) is 11.3 Å². The lowest BCUT2D eigenvalue weighted by molar-refractivity contribution is -0.121. The fraction of sp³-hybridized carbons (Fsp3) is 0.900. The van der Waals surface area contributed by atoms with Gasteiger partial charge in [0.05, 0.1) is 5.71 Å². The van der Waals surface area contributed by atoms with E-state index in [0.717, 1.165) is 37.9 Å². The van der Waals surface area contributed by atoms with E-state index in [4.69, 9.17) is 4.84 Å². The third-order valence-electron chi connectivity index (χ3n) is 4.10. The summed E-state index contributed by atoms with van der Waals surface area (Å²) in [7, 11) is 0. The van der Waals surface area contributed by atoms with Crippen LogP contribution >= 0.6 is 0 Å². The van der Waals surface area contributed by atoms with Gasteiger partial charge in [-0.1, -0.05) is 53.1 Å². The molecule has 142 valence electrons. The summed E-state index contributed by atoms with van der Waals surface area (Å²) in [4.78, 5) is 17.1. The molecule has 0 heterocycles. The second kappa shape index (κ2) is 11.5. The predicted molar refractivity (Wildman–Crippen MR) is 103 cm³/mol. The molecule has 0 saturated carbocycles. The largest absolute Gasteiger partial charge is 0.396 e. The Morgan fingerprint density at radius 1 is 0.958 bits per heavy atom. The van der Waals surface area contributed by atoms with Crippen molar-refractivity contribution in [3.05, 3.63) is 0 Å². The minimum Gasteiger partial charge on any atom is -0.396 e. The van der Waals surface area contributed by atoms with Gasteiger partial charge in [0, 0.05) is 18.4 Å². The van der Waals surface area contributed by atoms with E-state index in [9.17, 15) is 4.79 Å². The summed E-state index contributed by atoms with van der Waals surface area (Å²) in [6, 6.07) is 0. The summed E-state index contributed by atoms with van der Waals surface area (Å²) in [6.45, 7) is 16.6. The summed E-state index contributed by atoms with van der Waals surface area (Å²) in [6.07, 6.45) is 6.93. The van der Waals surface area contributed by atoms with Gasteiger partial charge in [0.25, 0.3) is 0 Å². The van der Waals surface area contributed by atoms with Crippen LogP contribution in [0.2, 0.25) is 0 Å². The Bertz CT molecular complexity index is 376. The van der Waals surface area contributed by atoms with Gasteiger partial charge in [-0.2, -0.15) is 0 Å². The Morgan fingerprint density at radius 2 is 1.62 bits per heavy atom. The number of unbranched alkanes of at least 4 members (excludes halogenated alkanes) is 3. The van der Waals surface area contributed by atoms with Crippen molar-refractivity contribution in [3.8, 4) is 0 Å². The van der Waals surface area contributed by atoms with E-state index in [1.807, 2.05) is 6.92 Å². The number of amides is 1. The standard InChI is InChI=1S/C20H40N2O2/c1-17(20(5,6)7)22-24-16-12-8-9-13-18(23)21-15-11-10-14-19(2,3)4/h8-16H2,1-7H3,(H,21,23)/b22-17+. The third-order valence-corrected chi connectivity index (χ3v) is 4.10. The quantitative estimate of drug-likeness (QED) is 0.314. The van der Waals surface area contributed by atoms with Crippen LogP contribution < -0.4 is 5.32 Å². The Morgan fingerprint density at radius 3 is 2.21 bits per heavy atom. The van der Waals surface area contributed by atoms with Crippen molar-refractivity contribution in [1.82, 2.24) is 5.32 Å². The van der Waals surface area contributed by atoms with Crippen LogP contribution in [0.25, 0.3) is 0 Å². The van der Waals surface area contributed by atoms with E-state index >= 15 is 0 Å². The van der Waals surface area contributed by atoms with E-state index in [2.05, 4.69) is 52.0 Å². The van der Waals surface area contributed by atoms with Crippen LogP contribution in [-0.2, 0) is 9.63 Å². The van der Waals surface area contributed by atoms with E-state index in [1.54, 1.807) is 0 Å². The summed E-state index contributed by atoms with van der Waals surface area (Å²) in [5.74, 6) is 0.174. The van der Waals surface area contributed by atoms with Crippen molar-refractivity contribution in [1.29, 1.82) is 0 Å². The van der Waals surface area contributed by atoms with E-state index < -0.39 is 0 Å². The molecule has 4 heteroatoms. The molecule has 1 N–H and O–H groups in total. The molecule has 0 bridgehead atoms. The maximum atomic E-state index is 11.7. The number of hydrogen-bond donors (Lipinski definition) is 1. The van der Waals surface area contributed by atoms with Gasteiger partial charge in [0.1, 0.15) is 6.61 Å². The molecule has 0 rings (SSSR count). The van der Waals surface area contributed by atoms with Crippen molar-refractivity contribution in [2.45, 2.75) is 93.4 Å². The van der Waals surface area contributed by atoms with Gasteiger partial charge in [0.2, 0.25) is 5.91 Å². The molecular formula is C20H40N2O2. The first-order valence-corrected chi connectivity index (χ1v) is 9.46. The number of oxime groups is 1. The van der Waals surface area contributed by atoms with Crippen LogP contribution in [0.15, 0.2) is 5.16 Å². The fourth-order valence-electron chi connectivity index (χ4n) is 2.00. The summed E-state index contributed by atoms with van der Waals surface area (Å²) < 4.78 is 0. The Hall–Kier alpha value is -1.06. The number of nitrogens with one attached hydrogen (secondary N) is 1. The molecule has 0 aromatic carbocycles. The van der Waals surface area contributed by atoms with Gasteiger partial charge in [0.15, 0.2) is 0 Å². The Balaban J connectivity index is 3.50. The molecule has 0 atom stereocenters. The highest BCUT2D eigenvalue weighted by molar-refractivity contribution is 5.86. The molecule has 0 aromatic rings. The zero-order valence-corrected chi connectivity index (χ0v) is 17.1. The molecule has 0 aliphatic heterocycles. The molecule has 0 aliphatic carbocycles. The first-order valence-electron chi connectivity index (χ1n) is 9.46. The molecular weight excluding hydrogens is 300 g/mol. The highest BCUT2D eigenvalue weighted by Gasteiger charge is 2.14. The minimum atomic E-state index is 0.0605. The molecule has 0 radical (unpaired) electrons. The van der Waals surface area contributed by atoms with Crippen LogP contribution in [0.5, 0.6) is 0 Å². The minimum absolute atomic E-state index is 0.0605. The molecule has 4 nitrogen and oxygen atoms in total. The normalized spacial score (nSPS) is 13.0. The molecule has 0 spiro atoms. The summed E-state index contributed by atoms with van der Waals surface area (Å²) >= 11 is 0. The van der Waals surface area contributed by atoms with Gasteiger partial charge in [-0.25, -0.2) is 0 Å². The first kappa shape index (κ1) is 22.9. The second-order valence-corrected chi connectivity index (χ2v) is 8.94. The van der Waals surface area contributed by atoms with Crippen molar-refractivity contribution < 1.29 is 9.63 Å². The molecule has 0 aliphatic rings. The van der Waals surface area contributed by atoms with E-state index in [1.165, 1.54) is 12.8 Å². The monoisotopic (exact) mass is 340 g/mol. The molecule has 0 aromatic heterocycles. The summed E-state index contributed by atoms with van der Waals surface area (Å²) in [5, 5.41) is 7.15. The van der Waals surface area contributed by atoms with Crippen molar-refractivity contribution in [3.63, 3.8) is 0 Å². The third kappa shape index (κ3) is 14.5. The van der Waals surface area contributed by atoms with Crippen LogP contribution in [0.1, 0.15) is 93.4 Å². The van der Waals surface area contributed by atoms with Crippen LogP contribution in [0.3, 0.4) is 0 Å². The lowest BCUT2D eigenvalue weighted by Gasteiger charge is -2.17. The first-order chi connectivity index (χ1) is 11.0. The maximum Gasteiger partial charge on any atom is 0.219 e. The topological polar surface area (TPSA) is 50.7 Å². The molecule has 0 fully saturated rings.